The van der Waals surface area contributed by atoms with Gasteiger partial charge < -0.3 is 20.9 Å². The molecule has 1 atom stereocenters. The van der Waals surface area contributed by atoms with Gasteiger partial charge in [-0.15, -0.1) is 0 Å². The third-order valence-electron chi connectivity index (χ3n) is 1.68. The number of aliphatic hydroxyl groups excluding tert-OH is 1. The maximum atomic E-state index is 9.39. The van der Waals surface area contributed by atoms with E-state index in [1.54, 1.807) is 0 Å². The summed E-state index contributed by atoms with van der Waals surface area (Å²) in [5, 5.41) is 12.3. The van der Waals surface area contributed by atoms with E-state index in [1.807, 2.05) is 0 Å². The molecule has 0 aromatic carbocycles. The first-order valence-electron chi connectivity index (χ1n) is 4.32. The lowest BCUT2D eigenvalue weighted by atomic mass is 10.4. The number of aromatic nitrogens is 2. The molecule has 1 heterocycles. The van der Waals surface area contributed by atoms with Crippen LogP contribution in [-0.2, 0) is 4.74 Å². The molecule has 1 unspecified atom stereocenters. The fourth-order valence-corrected chi connectivity index (χ4v) is 1.32. The molecule has 0 fully saturated rings. The van der Waals surface area contributed by atoms with Crippen LogP contribution in [0.25, 0.3) is 0 Å². The number of hydrogen-bond acceptors (Lipinski definition) is 6. The second-order valence-electron chi connectivity index (χ2n) is 2.91. The molecule has 0 saturated heterocycles. The highest BCUT2D eigenvalue weighted by molar-refractivity contribution is 9.10. The fraction of sp³-hybridized carbons (Fsp3) is 0.500. The van der Waals surface area contributed by atoms with E-state index in [0.29, 0.717) is 22.7 Å². The molecular formula is C8H13BrN4O2. The summed E-state index contributed by atoms with van der Waals surface area (Å²) in [6.07, 6.45) is 0.767. The summed E-state index contributed by atoms with van der Waals surface area (Å²) in [5.41, 5.74) is 5.56. The van der Waals surface area contributed by atoms with Crippen molar-refractivity contribution in [2.45, 2.75) is 6.10 Å². The SMILES string of the molecule is COCC(O)CNc1ncnc(N)c1Br. The number of methoxy groups -OCH3 is 1. The van der Waals surface area contributed by atoms with Crippen LogP contribution in [0.5, 0.6) is 0 Å². The summed E-state index contributed by atoms with van der Waals surface area (Å²) in [6.45, 7) is 0.605. The van der Waals surface area contributed by atoms with E-state index in [9.17, 15) is 5.11 Å². The number of nitrogens with zero attached hydrogens (tertiary/aromatic N) is 2. The number of aliphatic hydroxyl groups is 1. The van der Waals surface area contributed by atoms with E-state index >= 15 is 0 Å². The average molecular weight is 277 g/mol. The van der Waals surface area contributed by atoms with Crippen LogP contribution in [0.2, 0.25) is 0 Å². The summed E-state index contributed by atoms with van der Waals surface area (Å²) in [7, 11) is 1.53. The van der Waals surface area contributed by atoms with Crippen molar-refractivity contribution in [1.29, 1.82) is 0 Å². The second kappa shape index (κ2) is 5.84. The number of rotatable bonds is 5. The minimum Gasteiger partial charge on any atom is -0.389 e. The Balaban J connectivity index is 2.54. The molecule has 0 bridgehead atoms. The average Bonchev–Trinajstić information content (AvgIpc) is 2.21. The van der Waals surface area contributed by atoms with Crippen LogP contribution < -0.4 is 11.1 Å². The molecule has 7 heteroatoms. The van der Waals surface area contributed by atoms with Gasteiger partial charge in [0.1, 0.15) is 22.4 Å². The van der Waals surface area contributed by atoms with Crippen molar-refractivity contribution in [3.63, 3.8) is 0 Å². The lowest BCUT2D eigenvalue weighted by Gasteiger charge is -2.12. The molecule has 0 aliphatic heterocycles. The number of anilines is 2. The Morgan fingerprint density at radius 3 is 3.07 bits per heavy atom. The highest BCUT2D eigenvalue weighted by Crippen LogP contribution is 2.23. The zero-order valence-electron chi connectivity index (χ0n) is 8.27. The summed E-state index contributed by atoms with van der Waals surface area (Å²) in [6, 6.07) is 0. The molecule has 0 radical (unpaired) electrons. The summed E-state index contributed by atoms with van der Waals surface area (Å²) in [4.78, 5) is 7.77. The highest BCUT2D eigenvalue weighted by atomic mass is 79.9. The van der Waals surface area contributed by atoms with Gasteiger partial charge >= 0.3 is 0 Å². The maximum absolute atomic E-state index is 9.39. The fourth-order valence-electron chi connectivity index (χ4n) is 0.973. The molecule has 6 nitrogen and oxygen atoms in total. The molecule has 0 spiro atoms. The molecular weight excluding hydrogens is 264 g/mol. The number of nitrogen functional groups attached to an aromatic ring is 1. The van der Waals surface area contributed by atoms with Crippen molar-refractivity contribution in [2.75, 3.05) is 31.3 Å². The van der Waals surface area contributed by atoms with Gasteiger partial charge in [-0.3, -0.25) is 0 Å². The lowest BCUT2D eigenvalue weighted by molar-refractivity contribution is 0.0727. The number of nitrogens with two attached hydrogens (primary N) is 1. The van der Waals surface area contributed by atoms with Gasteiger partial charge in [0, 0.05) is 13.7 Å². The minimum atomic E-state index is -0.585. The molecule has 1 aromatic rings. The first-order valence-corrected chi connectivity index (χ1v) is 5.11. The van der Waals surface area contributed by atoms with E-state index in [1.165, 1.54) is 13.4 Å². The highest BCUT2D eigenvalue weighted by Gasteiger charge is 2.08. The molecule has 84 valence electrons. The number of hydrogen-bond donors (Lipinski definition) is 3. The Morgan fingerprint density at radius 2 is 2.40 bits per heavy atom. The first kappa shape index (κ1) is 12.2. The lowest BCUT2D eigenvalue weighted by Crippen LogP contribution is -2.24. The quantitative estimate of drug-likeness (QED) is 0.714. The first-order chi connectivity index (χ1) is 7.15. The zero-order valence-corrected chi connectivity index (χ0v) is 9.86. The second-order valence-corrected chi connectivity index (χ2v) is 3.70. The van der Waals surface area contributed by atoms with Crippen LogP contribution in [0, 0.1) is 0 Å². The summed E-state index contributed by atoms with van der Waals surface area (Å²) in [5.74, 6) is 0.909. The Kier molecular flexibility index (Phi) is 4.73. The van der Waals surface area contributed by atoms with E-state index in [-0.39, 0.29) is 6.61 Å². The molecule has 15 heavy (non-hydrogen) atoms. The van der Waals surface area contributed by atoms with Gasteiger partial charge in [-0.25, -0.2) is 9.97 Å². The van der Waals surface area contributed by atoms with Gasteiger partial charge in [0.15, 0.2) is 0 Å². The number of nitrogens with one attached hydrogen (secondary N) is 1. The molecule has 1 aromatic heterocycles. The summed E-state index contributed by atoms with van der Waals surface area (Å²) < 4.78 is 5.38. The van der Waals surface area contributed by atoms with E-state index in [2.05, 4.69) is 31.2 Å². The standard InChI is InChI=1S/C8H13BrN4O2/c1-15-3-5(14)2-11-8-6(9)7(10)12-4-13-8/h4-5,14H,2-3H2,1H3,(H3,10,11,12,13). The monoisotopic (exact) mass is 276 g/mol. The normalized spacial score (nSPS) is 12.5. The molecule has 0 saturated carbocycles. The van der Waals surface area contributed by atoms with E-state index in [0.717, 1.165) is 0 Å². The van der Waals surface area contributed by atoms with Gasteiger partial charge in [-0.05, 0) is 15.9 Å². The predicted molar refractivity (Wildman–Crippen MR) is 60.5 cm³/mol. The van der Waals surface area contributed by atoms with E-state index < -0.39 is 6.10 Å². The third kappa shape index (κ3) is 3.61. The van der Waals surface area contributed by atoms with Crippen molar-refractivity contribution in [2.24, 2.45) is 0 Å². The number of halogens is 1. The topological polar surface area (TPSA) is 93.3 Å². The van der Waals surface area contributed by atoms with Gasteiger partial charge in [0.2, 0.25) is 0 Å². The van der Waals surface area contributed by atoms with Crippen molar-refractivity contribution in [3.8, 4) is 0 Å². The van der Waals surface area contributed by atoms with Crippen molar-refractivity contribution < 1.29 is 9.84 Å². The molecule has 4 N–H and O–H groups in total. The maximum Gasteiger partial charge on any atom is 0.146 e. The smallest absolute Gasteiger partial charge is 0.146 e. The Morgan fingerprint density at radius 1 is 1.67 bits per heavy atom. The van der Waals surface area contributed by atoms with Gasteiger partial charge in [-0.1, -0.05) is 0 Å². The van der Waals surface area contributed by atoms with Crippen LogP contribution in [0.1, 0.15) is 0 Å². The number of ether oxygens (including phenoxy) is 1. The van der Waals surface area contributed by atoms with Crippen LogP contribution in [0.4, 0.5) is 11.6 Å². The van der Waals surface area contributed by atoms with Crippen molar-refractivity contribution in [3.05, 3.63) is 10.8 Å². The van der Waals surface area contributed by atoms with Crippen LogP contribution in [0.3, 0.4) is 0 Å². The van der Waals surface area contributed by atoms with Gasteiger partial charge in [0.05, 0.1) is 12.7 Å². The minimum absolute atomic E-state index is 0.269. The van der Waals surface area contributed by atoms with Crippen LogP contribution in [0.15, 0.2) is 10.8 Å². The van der Waals surface area contributed by atoms with Crippen LogP contribution >= 0.6 is 15.9 Å². The van der Waals surface area contributed by atoms with Crippen molar-refractivity contribution >= 4 is 27.6 Å². The summed E-state index contributed by atoms with van der Waals surface area (Å²) >= 11 is 3.24. The van der Waals surface area contributed by atoms with Crippen molar-refractivity contribution in [1.82, 2.24) is 9.97 Å². The predicted octanol–water partition coefficient (Wildman–Crippen LogP) is 0.240. The molecule has 0 aliphatic rings. The third-order valence-corrected chi connectivity index (χ3v) is 2.46. The van der Waals surface area contributed by atoms with E-state index in [4.69, 9.17) is 10.5 Å². The molecule has 1 rings (SSSR count). The van der Waals surface area contributed by atoms with Gasteiger partial charge in [0.25, 0.3) is 0 Å². The molecule has 0 aliphatic carbocycles. The largest absolute Gasteiger partial charge is 0.389 e. The zero-order chi connectivity index (χ0) is 11.3. The Labute approximate surface area is 96.0 Å². The van der Waals surface area contributed by atoms with Gasteiger partial charge in [-0.2, -0.15) is 0 Å². The Bertz CT molecular complexity index is 324. The Hall–Kier alpha value is -0.920. The van der Waals surface area contributed by atoms with Crippen LogP contribution in [-0.4, -0.2) is 41.4 Å². The molecule has 0 amide bonds.